The Morgan fingerprint density at radius 1 is 1.13 bits per heavy atom. The number of hydrogen-bond donors (Lipinski definition) is 0. The SMILES string of the molecule is CCOc1cc(C(=O)OCc2cc(=O)n3cccc(C)c3n2)ccc1OCC(C)C. The summed E-state index contributed by atoms with van der Waals surface area (Å²) in [6, 6.07) is 9.97. The smallest absolute Gasteiger partial charge is 0.338 e. The molecule has 2 aromatic heterocycles. The minimum Gasteiger partial charge on any atom is -0.490 e. The highest BCUT2D eigenvalue weighted by atomic mass is 16.5. The predicted molar refractivity (Wildman–Crippen MR) is 113 cm³/mol. The topological polar surface area (TPSA) is 79.1 Å². The van der Waals surface area contributed by atoms with Gasteiger partial charge in [0.05, 0.1) is 24.5 Å². The summed E-state index contributed by atoms with van der Waals surface area (Å²) in [4.78, 5) is 29.3. The molecule has 0 saturated heterocycles. The summed E-state index contributed by atoms with van der Waals surface area (Å²) in [6.45, 7) is 8.74. The number of hydrogen-bond acceptors (Lipinski definition) is 6. The van der Waals surface area contributed by atoms with Crippen LogP contribution in [0.3, 0.4) is 0 Å². The Kier molecular flexibility index (Phi) is 6.72. The number of aromatic nitrogens is 2. The molecule has 30 heavy (non-hydrogen) atoms. The molecule has 0 aliphatic rings. The lowest BCUT2D eigenvalue weighted by molar-refractivity contribution is 0.0467. The molecule has 158 valence electrons. The molecule has 1 aromatic carbocycles. The maximum Gasteiger partial charge on any atom is 0.338 e. The molecule has 0 N–H and O–H groups in total. The zero-order chi connectivity index (χ0) is 21.7. The Morgan fingerprint density at radius 3 is 2.67 bits per heavy atom. The second kappa shape index (κ2) is 9.43. The zero-order valence-corrected chi connectivity index (χ0v) is 17.7. The maximum atomic E-state index is 12.5. The van der Waals surface area contributed by atoms with Crippen molar-refractivity contribution in [3.05, 3.63) is 69.8 Å². The molecule has 0 radical (unpaired) electrons. The summed E-state index contributed by atoms with van der Waals surface area (Å²) in [6.07, 6.45) is 1.66. The third-order valence-electron chi connectivity index (χ3n) is 4.34. The Morgan fingerprint density at radius 2 is 1.93 bits per heavy atom. The second-order valence-corrected chi connectivity index (χ2v) is 7.35. The van der Waals surface area contributed by atoms with E-state index in [1.807, 2.05) is 19.9 Å². The fourth-order valence-corrected chi connectivity index (χ4v) is 2.88. The average molecular weight is 410 g/mol. The van der Waals surface area contributed by atoms with Gasteiger partial charge in [-0.15, -0.1) is 0 Å². The van der Waals surface area contributed by atoms with E-state index in [-0.39, 0.29) is 12.2 Å². The molecular formula is C23H26N2O5. The quantitative estimate of drug-likeness (QED) is 0.526. The number of pyridine rings is 1. The number of esters is 1. The van der Waals surface area contributed by atoms with Crippen LogP contribution in [0.15, 0.2) is 47.4 Å². The molecule has 7 heteroatoms. The number of aryl methyl sites for hydroxylation is 1. The minimum absolute atomic E-state index is 0.103. The van der Waals surface area contributed by atoms with Gasteiger partial charge in [0.2, 0.25) is 0 Å². The first kappa shape index (κ1) is 21.4. The molecule has 0 amide bonds. The summed E-state index contributed by atoms with van der Waals surface area (Å²) in [7, 11) is 0. The Hall–Kier alpha value is -3.35. The van der Waals surface area contributed by atoms with Gasteiger partial charge in [0.15, 0.2) is 11.5 Å². The molecule has 0 spiro atoms. The van der Waals surface area contributed by atoms with Gasteiger partial charge in [-0.1, -0.05) is 19.9 Å². The van der Waals surface area contributed by atoms with E-state index >= 15 is 0 Å². The molecule has 7 nitrogen and oxygen atoms in total. The molecule has 3 aromatic rings. The number of nitrogens with zero attached hydrogens (tertiary/aromatic N) is 2. The molecule has 0 aliphatic carbocycles. The minimum atomic E-state index is -0.529. The number of fused-ring (bicyclic) bond motifs is 1. The maximum absolute atomic E-state index is 12.5. The van der Waals surface area contributed by atoms with Crippen LogP contribution in [0.25, 0.3) is 5.65 Å². The molecular weight excluding hydrogens is 384 g/mol. The van der Waals surface area contributed by atoms with Crippen molar-refractivity contribution < 1.29 is 19.0 Å². The van der Waals surface area contributed by atoms with Crippen LogP contribution in [-0.4, -0.2) is 28.6 Å². The van der Waals surface area contributed by atoms with Crippen LogP contribution >= 0.6 is 0 Å². The van der Waals surface area contributed by atoms with Crippen molar-refractivity contribution in [1.82, 2.24) is 9.38 Å². The lowest BCUT2D eigenvalue weighted by Crippen LogP contribution is -2.17. The van der Waals surface area contributed by atoms with Crippen molar-refractivity contribution in [1.29, 1.82) is 0 Å². The summed E-state index contributed by atoms with van der Waals surface area (Å²) in [5, 5.41) is 0. The number of carbonyl (C=O) groups excluding carboxylic acids is 1. The summed E-state index contributed by atoms with van der Waals surface area (Å²) >= 11 is 0. The van der Waals surface area contributed by atoms with Crippen molar-refractivity contribution in [2.45, 2.75) is 34.3 Å². The van der Waals surface area contributed by atoms with E-state index in [1.54, 1.807) is 30.5 Å². The third-order valence-corrected chi connectivity index (χ3v) is 4.34. The van der Waals surface area contributed by atoms with Crippen LogP contribution in [0.1, 0.15) is 42.4 Å². The van der Waals surface area contributed by atoms with Crippen LogP contribution in [0.4, 0.5) is 0 Å². The lowest BCUT2D eigenvalue weighted by Gasteiger charge is -2.14. The Bertz CT molecular complexity index is 1100. The largest absolute Gasteiger partial charge is 0.490 e. The average Bonchev–Trinajstić information content (AvgIpc) is 2.72. The Labute approximate surface area is 175 Å². The number of carbonyl (C=O) groups is 1. The van der Waals surface area contributed by atoms with Crippen LogP contribution in [-0.2, 0) is 11.3 Å². The van der Waals surface area contributed by atoms with Crippen LogP contribution < -0.4 is 15.0 Å². The molecule has 0 saturated carbocycles. The van der Waals surface area contributed by atoms with E-state index in [9.17, 15) is 9.59 Å². The van der Waals surface area contributed by atoms with Crippen LogP contribution in [0.2, 0.25) is 0 Å². The predicted octanol–water partition coefficient (Wildman–Crippen LogP) is 3.79. The van der Waals surface area contributed by atoms with Crippen LogP contribution in [0.5, 0.6) is 11.5 Å². The number of rotatable bonds is 8. The van der Waals surface area contributed by atoms with Gasteiger partial charge in [0, 0.05) is 12.3 Å². The van der Waals surface area contributed by atoms with Gasteiger partial charge < -0.3 is 14.2 Å². The van der Waals surface area contributed by atoms with Crippen molar-refractivity contribution in [2.75, 3.05) is 13.2 Å². The van der Waals surface area contributed by atoms with E-state index in [0.29, 0.717) is 47.5 Å². The van der Waals surface area contributed by atoms with Gasteiger partial charge in [-0.2, -0.15) is 0 Å². The number of ether oxygens (including phenoxy) is 3. The summed E-state index contributed by atoms with van der Waals surface area (Å²) in [5.41, 5.74) is 1.91. The molecule has 3 rings (SSSR count). The van der Waals surface area contributed by atoms with Gasteiger partial charge >= 0.3 is 5.97 Å². The fraction of sp³-hybridized carbons (Fsp3) is 0.348. The summed E-state index contributed by atoms with van der Waals surface area (Å²) in [5.74, 6) is 0.913. The molecule has 2 heterocycles. The highest BCUT2D eigenvalue weighted by Gasteiger charge is 2.14. The van der Waals surface area contributed by atoms with Gasteiger partial charge in [0.1, 0.15) is 12.3 Å². The zero-order valence-electron chi connectivity index (χ0n) is 17.7. The highest BCUT2D eigenvalue weighted by Crippen LogP contribution is 2.29. The number of benzene rings is 1. The highest BCUT2D eigenvalue weighted by molar-refractivity contribution is 5.90. The molecule has 0 bridgehead atoms. The van der Waals surface area contributed by atoms with E-state index in [2.05, 4.69) is 18.8 Å². The van der Waals surface area contributed by atoms with Gasteiger partial charge in [-0.05, 0) is 49.6 Å². The monoisotopic (exact) mass is 410 g/mol. The Balaban J connectivity index is 1.76. The van der Waals surface area contributed by atoms with Gasteiger partial charge in [0.25, 0.3) is 5.56 Å². The molecule has 0 fully saturated rings. The standard InChI is InChI=1S/C23H26N2O5/c1-5-28-20-11-17(8-9-19(20)29-13-15(2)3)23(27)30-14-18-12-21(26)25-10-6-7-16(4)22(25)24-18/h6-12,15H,5,13-14H2,1-4H3. The van der Waals surface area contributed by atoms with E-state index in [0.717, 1.165) is 5.56 Å². The van der Waals surface area contributed by atoms with Crippen molar-refractivity contribution in [2.24, 2.45) is 5.92 Å². The molecule has 0 atom stereocenters. The fourth-order valence-electron chi connectivity index (χ4n) is 2.88. The first-order valence-corrected chi connectivity index (χ1v) is 9.93. The van der Waals surface area contributed by atoms with Crippen molar-refractivity contribution >= 4 is 11.6 Å². The van der Waals surface area contributed by atoms with E-state index in [1.165, 1.54) is 10.5 Å². The normalized spacial score (nSPS) is 11.0. The van der Waals surface area contributed by atoms with Crippen molar-refractivity contribution in [3.63, 3.8) is 0 Å². The van der Waals surface area contributed by atoms with Crippen molar-refractivity contribution in [3.8, 4) is 11.5 Å². The third kappa shape index (κ3) is 4.97. The summed E-state index contributed by atoms with van der Waals surface area (Å²) < 4.78 is 18.2. The lowest BCUT2D eigenvalue weighted by atomic mass is 10.2. The molecule has 0 aliphatic heterocycles. The first-order chi connectivity index (χ1) is 14.4. The first-order valence-electron chi connectivity index (χ1n) is 9.93. The second-order valence-electron chi connectivity index (χ2n) is 7.35. The molecule has 0 unspecified atom stereocenters. The van der Waals surface area contributed by atoms with E-state index in [4.69, 9.17) is 14.2 Å². The van der Waals surface area contributed by atoms with Gasteiger partial charge in [-0.3, -0.25) is 9.20 Å². The van der Waals surface area contributed by atoms with E-state index < -0.39 is 5.97 Å². The van der Waals surface area contributed by atoms with Crippen LogP contribution in [0, 0.1) is 12.8 Å². The van der Waals surface area contributed by atoms with Gasteiger partial charge in [-0.25, -0.2) is 9.78 Å².